The van der Waals surface area contributed by atoms with Crippen LogP contribution < -0.4 is 10.6 Å². The molecule has 88 valence electrons. The van der Waals surface area contributed by atoms with E-state index in [1.807, 2.05) is 12.1 Å². The summed E-state index contributed by atoms with van der Waals surface area (Å²) in [7, 11) is 0. The van der Waals surface area contributed by atoms with Crippen LogP contribution in [0.15, 0.2) is 18.2 Å². The molecule has 1 unspecified atom stereocenters. The Morgan fingerprint density at radius 3 is 3.06 bits per heavy atom. The number of nitrogens with zero attached hydrogens (tertiary/aromatic N) is 1. The number of hydrogen-bond acceptors (Lipinski definition) is 3. The molecule has 0 aromatic heterocycles. The maximum atomic E-state index is 6.00. The topological polar surface area (TPSA) is 38.5 Å². The fourth-order valence-corrected chi connectivity index (χ4v) is 2.28. The third-order valence-electron chi connectivity index (χ3n) is 3.00. The van der Waals surface area contributed by atoms with E-state index in [0.717, 1.165) is 37.6 Å². The van der Waals surface area contributed by atoms with E-state index in [9.17, 15) is 0 Å². The van der Waals surface area contributed by atoms with Crippen LogP contribution >= 0.6 is 11.6 Å². The Labute approximate surface area is 101 Å². The summed E-state index contributed by atoms with van der Waals surface area (Å²) in [4.78, 5) is 2.31. The molecule has 1 aromatic carbocycles. The molecule has 1 aliphatic heterocycles. The normalized spacial score (nSPS) is 21.1. The van der Waals surface area contributed by atoms with Gasteiger partial charge in [-0.15, -0.1) is 0 Å². The summed E-state index contributed by atoms with van der Waals surface area (Å²) in [5.41, 5.74) is 7.81. The first kappa shape index (κ1) is 11.6. The number of ether oxygens (including phenoxy) is 1. The van der Waals surface area contributed by atoms with E-state index in [2.05, 4.69) is 11.8 Å². The molecule has 3 nitrogen and oxygen atoms in total. The van der Waals surface area contributed by atoms with Gasteiger partial charge in [0.25, 0.3) is 0 Å². The Morgan fingerprint density at radius 1 is 1.56 bits per heavy atom. The van der Waals surface area contributed by atoms with Crippen molar-refractivity contribution < 1.29 is 4.74 Å². The van der Waals surface area contributed by atoms with Gasteiger partial charge in [0, 0.05) is 11.6 Å². The summed E-state index contributed by atoms with van der Waals surface area (Å²) >= 11 is 5.90. The molecule has 0 bridgehead atoms. The molecule has 16 heavy (non-hydrogen) atoms. The lowest BCUT2D eigenvalue weighted by molar-refractivity contribution is 0.0931. The first-order valence-electron chi connectivity index (χ1n) is 5.61. The predicted octanol–water partition coefficient (Wildman–Crippen LogP) is 2.54. The predicted molar refractivity (Wildman–Crippen MR) is 68.1 cm³/mol. The lowest BCUT2D eigenvalue weighted by Gasteiger charge is -2.37. The molecule has 0 amide bonds. The van der Waals surface area contributed by atoms with E-state index in [-0.39, 0.29) is 0 Å². The molecule has 0 saturated carbocycles. The maximum absolute atomic E-state index is 6.00. The van der Waals surface area contributed by atoms with E-state index in [4.69, 9.17) is 22.1 Å². The lowest BCUT2D eigenvalue weighted by atomic mass is 10.1. The Bertz CT molecular complexity index is 370. The molecule has 0 aliphatic carbocycles. The second kappa shape index (κ2) is 4.93. The van der Waals surface area contributed by atoms with Crippen molar-refractivity contribution in [2.45, 2.75) is 19.4 Å². The van der Waals surface area contributed by atoms with Crippen LogP contribution in [-0.4, -0.2) is 25.8 Å². The number of benzene rings is 1. The van der Waals surface area contributed by atoms with Gasteiger partial charge in [0.15, 0.2) is 0 Å². The summed E-state index contributed by atoms with van der Waals surface area (Å²) in [6, 6.07) is 6.09. The lowest BCUT2D eigenvalue weighted by Crippen LogP contribution is -2.45. The van der Waals surface area contributed by atoms with Crippen molar-refractivity contribution in [2.75, 3.05) is 30.4 Å². The zero-order valence-electron chi connectivity index (χ0n) is 9.45. The fraction of sp³-hybridized carbons (Fsp3) is 0.500. The van der Waals surface area contributed by atoms with Crippen LogP contribution in [0, 0.1) is 0 Å². The monoisotopic (exact) mass is 240 g/mol. The van der Waals surface area contributed by atoms with Crippen molar-refractivity contribution in [3.8, 4) is 0 Å². The summed E-state index contributed by atoms with van der Waals surface area (Å²) in [6.07, 6.45) is 1.06. The van der Waals surface area contributed by atoms with E-state index < -0.39 is 0 Å². The van der Waals surface area contributed by atoms with E-state index >= 15 is 0 Å². The van der Waals surface area contributed by atoms with Crippen LogP contribution in [0.25, 0.3) is 0 Å². The maximum Gasteiger partial charge on any atom is 0.0670 e. The number of rotatable bonds is 2. The van der Waals surface area contributed by atoms with Gasteiger partial charge >= 0.3 is 0 Å². The van der Waals surface area contributed by atoms with Gasteiger partial charge in [-0.3, -0.25) is 0 Å². The average molecular weight is 241 g/mol. The first-order valence-corrected chi connectivity index (χ1v) is 5.99. The number of morpholine rings is 1. The molecule has 1 atom stereocenters. The highest BCUT2D eigenvalue weighted by molar-refractivity contribution is 6.31. The minimum atomic E-state index is 0.414. The quantitative estimate of drug-likeness (QED) is 0.808. The average Bonchev–Trinajstić information content (AvgIpc) is 2.29. The zero-order valence-corrected chi connectivity index (χ0v) is 10.2. The molecule has 2 N–H and O–H groups in total. The van der Waals surface area contributed by atoms with Crippen LogP contribution in [0.5, 0.6) is 0 Å². The molecule has 1 aliphatic rings. The second-order valence-corrected chi connectivity index (χ2v) is 4.47. The van der Waals surface area contributed by atoms with Crippen LogP contribution in [0.1, 0.15) is 13.3 Å². The van der Waals surface area contributed by atoms with Gasteiger partial charge in [0.05, 0.1) is 30.6 Å². The van der Waals surface area contributed by atoms with Crippen LogP contribution in [0.2, 0.25) is 5.02 Å². The molecular weight excluding hydrogens is 224 g/mol. The number of hydrogen-bond donors (Lipinski definition) is 1. The number of nitrogen functional groups attached to an aromatic ring is 1. The van der Waals surface area contributed by atoms with E-state index in [0.29, 0.717) is 11.1 Å². The molecular formula is C12H17ClN2O. The van der Waals surface area contributed by atoms with Crippen LogP contribution in [-0.2, 0) is 4.74 Å². The summed E-state index contributed by atoms with van der Waals surface area (Å²) in [5.74, 6) is 0. The molecule has 0 spiro atoms. The molecule has 1 aromatic rings. The highest BCUT2D eigenvalue weighted by Gasteiger charge is 2.22. The van der Waals surface area contributed by atoms with E-state index in [1.54, 1.807) is 6.07 Å². The Balaban J connectivity index is 2.27. The van der Waals surface area contributed by atoms with Crippen molar-refractivity contribution in [3.63, 3.8) is 0 Å². The van der Waals surface area contributed by atoms with Crippen molar-refractivity contribution in [3.05, 3.63) is 23.2 Å². The van der Waals surface area contributed by atoms with Crippen LogP contribution in [0.3, 0.4) is 0 Å². The van der Waals surface area contributed by atoms with Crippen molar-refractivity contribution >= 4 is 23.0 Å². The number of halogens is 1. The smallest absolute Gasteiger partial charge is 0.0670 e. The third kappa shape index (κ3) is 2.25. The fourth-order valence-electron chi connectivity index (χ4n) is 2.10. The SMILES string of the molecule is CCC1COCCN1c1ccc(Cl)cc1N. The first-order chi connectivity index (χ1) is 7.72. The Kier molecular flexibility index (Phi) is 3.56. The van der Waals surface area contributed by atoms with Crippen molar-refractivity contribution in [1.82, 2.24) is 0 Å². The number of anilines is 2. The molecule has 1 fully saturated rings. The molecule has 1 heterocycles. The zero-order chi connectivity index (χ0) is 11.5. The second-order valence-electron chi connectivity index (χ2n) is 4.03. The van der Waals surface area contributed by atoms with Gasteiger partial charge < -0.3 is 15.4 Å². The van der Waals surface area contributed by atoms with Crippen molar-refractivity contribution in [1.29, 1.82) is 0 Å². The van der Waals surface area contributed by atoms with Gasteiger partial charge in [0.2, 0.25) is 0 Å². The van der Waals surface area contributed by atoms with E-state index in [1.165, 1.54) is 0 Å². The minimum absolute atomic E-state index is 0.414. The summed E-state index contributed by atoms with van der Waals surface area (Å²) in [5, 5.41) is 0.683. The van der Waals surface area contributed by atoms with Crippen LogP contribution in [0.4, 0.5) is 11.4 Å². The third-order valence-corrected chi connectivity index (χ3v) is 3.23. The summed E-state index contributed by atoms with van der Waals surface area (Å²) < 4.78 is 5.48. The Morgan fingerprint density at radius 2 is 2.38 bits per heavy atom. The Hall–Kier alpha value is -0.930. The summed E-state index contributed by atoms with van der Waals surface area (Å²) in [6.45, 7) is 4.60. The van der Waals surface area contributed by atoms with Gasteiger partial charge in [0.1, 0.15) is 0 Å². The molecule has 1 saturated heterocycles. The van der Waals surface area contributed by atoms with Crippen molar-refractivity contribution in [2.24, 2.45) is 0 Å². The number of nitrogens with two attached hydrogens (primary N) is 1. The highest BCUT2D eigenvalue weighted by atomic mass is 35.5. The minimum Gasteiger partial charge on any atom is -0.397 e. The molecule has 0 radical (unpaired) electrons. The largest absolute Gasteiger partial charge is 0.397 e. The highest BCUT2D eigenvalue weighted by Crippen LogP contribution is 2.29. The standard InChI is InChI=1S/C12H17ClN2O/c1-2-10-8-16-6-5-15(10)12-4-3-9(13)7-11(12)14/h3-4,7,10H,2,5-6,8,14H2,1H3. The molecule has 2 rings (SSSR count). The van der Waals surface area contributed by atoms with Gasteiger partial charge in [-0.1, -0.05) is 18.5 Å². The molecule has 4 heteroatoms. The van der Waals surface area contributed by atoms with Gasteiger partial charge in [-0.25, -0.2) is 0 Å². The van der Waals surface area contributed by atoms with Gasteiger partial charge in [-0.05, 0) is 24.6 Å². The van der Waals surface area contributed by atoms with Gasteiger partial charge in [-0.2, -0.15) is 0 Å².